The van der Waals surface area contributed by atoms with Gasteiger partial charge in [0.15, 0.2) is 0 Å². The second-order valence-electron chi connectivity index (χ2n) is 6.84. The molecule has 0 spiro atoms. The molecule has 6 nitrogen and oxygen atoms in total. The van der Waals surface area contributed by atoms with Gasteiger partial charge in [0.2, 0.25) is 5.91 Å². The molecule has 1 saturated heterocycles. The van der Waals surface area contributed by atoms with Crippen molar-refractivity contribution in [3.8, 4) is 0 Å². The molecule has 1 fully saturated rings. The van der Waals surface area contributed by atoms with E-state index in [1.54, 1.807) is 12.1 Å². The van der Waals surface area contributed by atoms with Gasteiger partial charge in [-0.15, -0.1) is 0 Å². The maximum Gasteiger partial charge on any atom is 0.234 e. The number of amides is 1. The summed E-state index contributed by atoms with van der Waals surface area (Å²) in [7, 11) is 0. The molecule has 1 aromatic heterocycles. The largest absolute Gasteiger partial charge is 0.368 e. The Balaban J connectivity index is 1.31. The van der Waals surface area contributed by atoms with Crippen molar-refractivity contribution >= 4 is 34.9 Å². The first-order chi connectivity index (χ1) is 14.7. The fourth-order valence-corrected chi connectivity index (χ4v) is 3.96. The minimum Gasteiger partial charge on any atom is -0.368 e. The zero-order valence-electron chi connectivity index (χ0n) is 16.4. The molecule has 8 heteroatoms. The average molecular weight is 424 g/mol. The van der Waals surface area contributed by atoms with E-state index in [0.29, 0.717) is 5.03 Å². The number of thioether (sulfide) groups is 1. The van der Waals surface area contributed by atoms with E-state index in [4.69, 9.17) is 0 Å². The lowest BCUT2D eigenvalue weighted by Gasteiger charge is -2.36. The van der Waals surface area contributed by atoms with E-state index < -0.39 is 5.82 Å². The summed E-state index contributed by atoms with van der Waals surface area (Å²) in [5.41, 5.74) is 1.42. The van der Waals surface area contributed by atoms with Gasteiger partial charge in [-0.05, 0) is 24.3 Å². The molecule has 0 saturated carbocycles. The Hall–Kier alpha value is -3.13. The van der Waals surface area contributed by atoms with Gasteiger partial charge in [0.25, 0.3) is 0 Å². The molecule has 0 radical (unpaired) electrons. The second-order valence-corrected chi connectivity index (χ2v) is 7.84. The van der Waals surface area contributed by atoms with Crippen molar-refractivity contribution in [1.82, 2.24) is 9.97 Å². The molecule has 0 unspecified atom stereocenters. The van der Waals surface area contributed by atoms with Crippen LogP contribution >= 0.6 is 11.8 Å². The number of piperazine rings is 1. The third-order valence-corrected chi connectivity index (χ3v) is 5.78. The van der Waals surface area contributed by atoms with E-state index in [-0.39, 0.29) is 17.3 Å². The number of carbonyl (C=O) groups is 1. The average Bonchev–Trinajstić information content (AvgIpc) is 2.80. The van der Waals surface area contributed by atoms with Crippen LogP contribution < -0.4 is 15.1 Å². The number of halogens is 1. The number of nitrogens with one attached hydrogen (secondary N) is 1. The van der Waals surface area contributed by atoms with Crippen LogP contribution in [0.25, 0.3) is 0 Å². The summed E-state index contributed by atoms with van der Waals surface area (Å²) in [4.78, 5) is 25.4. The Kier molecular flexibility index (Phi) is 6.44. The smallest absolute Gasteiger partial charge is 0.234 e. The van der Waals surface area contributed by atoms with E-state index in [2.05, 4.69) is 49.4 Å². The van der Waals surface area contributed by atoms with E-state index >= 15 is 0 Å². The molecule has 4 rings (SSSR count). The fraction of sp³-hybridized carbons (Fsp3) is 0.227. The molecule has 1 aliphatic rings. The van der Waals surface area contributed by atoms with Crippen LogP contribution in [-0.2, 0) is 4.79 Å². The molecule has 1 aliphatic heterocycles. The molecule has 0 aliphatic carbocycles. The molecule has 154 valence electrons. The normalized spacial score (nSPS) is 13.9. The van der Waals surface area contributed by atoms with Crippen molar-refractivity contribution in [2.24, 2.45) is 0 Å². The Morgan fingerprint density at radius 1 is 0.967 bits per heavy atom. The highest BCUT2D eigenvalue weighted by Gasteiger charge is 2.19. The topological polar surface area (TPSA) is 61.4 Å². The predicted molar refractivity (Wildman–Crippen MR) is 119 cm³/mol. The summed E-state index contributed by atoms with van der Waals surface area (Å²) >= 11 is 1.31. The third kappa shape index (κ3) is 5.07. The van der Waals surface area contributed by atoms with Crippen LogP contribution in [0, 0.1) is 5.82 Å². The molecule has 1 N–H and O–H groups in total. The summed E-state index contributed by atoms with van der Waals surface area (Å²) < 4.78 is 13.7. The lowest BCUT2D eigenvalue weighted by Crippen LogP contribution is -2.46. The number of para-hydroxylation sites is 2. The highest BCUT2D eigenvalue weighted by Crippen LogP contribution is 2.23. The first kappa shape index (κ1) is 20.2. The van der Waals surface area contributed by atoms with Crippen molar-refractivity contribution in [3.05, 3.63) is 72.8 Å². The number of hydrogen-bond acceptors (Lipinski definition) is 6. The number of rotatable bonds is 6. The van der Waals surface area contributed by atoms with Crippen molar-refractivity contribution < 1.29 is 9.18 Å². The summed E-state index contributed by atoms with van der Waals surface area (Å²) in [6.07, 6.45) is 1.52. The molecular formula is C22H22FN5OS. The van der Waals surface area contributed by atoms with Crippen LogP contribution in [0.1, 0.15) is 0 Å². The standard InChI is InChI=1S/C22H22FN5OS/c23-18-8-4-5-9-19(18)26-21(29)15-30-22-14-20(24-16-25-22)28-12-10-27(11-13-28)17-6-2-1-3-7-17/h1-9,14,16H,10-13,15H2,(H,26,29). The van der Waals surface area contributed by atoms with Gasteiger partial charge in [0.1, 0.15) is 23.0 Å². The van der Waals surface area contributed by atoms with Gasteiger partial charge in [-0.1, -0.05) is 42.1 Å². The molecule has 1 amide bonds. The summed E-state index contributed by atoms with van der Waals surface area (Å²) in [5.74, 6) is 0.276. The Bertz CT molecular complexity index is 996. The van der Waals surface area contributed by atoms with E-state index in [0.717, 1.165) is 32.0 Å². The highest BCUT2D eigenvalue weighted by molar-refractivity contribution is 7.99. The Morgan fingerprint density at radius 3 is 2.43 bits per heavy atom. The van der Waals surface area contributed by atoms with Gasteiger partial charge >= 0.3 is 0 Å². The van der Waals surface area contributed by atoms with Crippen molar-refractivity contribution in [3.63, 3.8) is 0 Å². The van der Waals surface area contributed by atoms with Gasteiger partial charge < -0.3 is 15.1 Å². The molecule has 30 heavy (non-hydrogen) atoms. The first-order valence-corrected chi connectivity index (χ1v) is 10.7. The first-order valence-electron chi connectivity index (χ1n) is 9.73. The van der Waals surface area contributed by atoms with Gasteiger partial charge in [-0.25, -0.2) is 14.4 Å². The van der Waals surface area contributed by atoms with Crippen LogP contribution in [0.3, 0.4) is 0 Å². The van der Waals surface area contributed by atoms with E-state index in [9.17, 15) is 9.18 Å². The lowest BCUT2D eigenvalue weighted by molar-refractivity contribution is -0.113. The van der Waals surface area contributed by atoms with Crippen molar-refractivity contribution in [2.75, 3.05) is 47.0 Å². The van der Waals surface area contributed by atoms with Gasteiger partial charge in [0.05, 0.1) is 11.4 Å². The maximum atomic E-state index is 13.7. The number of hydrogen-bond donors (Lipinski definition) is 1. The summed E-state index contributed by atoms with van der Waals surface area (Å²) in [6.45, 7) is 3.57. The number of carbonyl (C=O) groups excluding carboxylic acids is 1. The molecule has 0 bridgehead atoms. The number of nitrogens with zero attached hydrogens (tertiary/aromatic N) is 4. The van der Waals surface area contributed by atoms with Gasteiger partial charge in [0, 0.05) is 37.9 Å². The van der Waals surface area contributed by atoms with E-state index in [1.165, 1.54) is 35.9 Å². The predicted octanol–water partition coefficient (Wildman–Crippen LogP) is 3.67. The van der Waals surface area contributed by atoms with Crippen LogP contribution in [0.5, 0.6) is 0 Å². The minimum atomic E-state index is -0.449. The highest BCUT2D eigenvalue weighted by atomic mass is 32.2. The summed E-state index contributed by atoms with van der Waals surface area (Å²) in [5, 5.41) is 3.30. The maximum absolute atomic E-state index is 13.7. The number of aromatic nitrogens is 2. The second kappa shape index (κ2) is 9.58. The SMILES string of the molecule is O=C(CSc1cc(N2CCN(c3ccccc3)CC2)ncn1)Nc1ccccc1F. The zero-order chi connectivity index (χ0) is 20.8. The number of anilines is 3. The molecular weight excluding hydrogens is 401 g/mol. The Labute approximate surface area is 179 Å². The van der Waals surface area contributed by atoms with Crippen LogP contribution in [0.15, 0.2) is 72.0 Å². The molecule has 0 atom stereocenters. The van der Waals surface area contributed by atoms with Gasteiger partial charge in [-0.3, -0.25) is 4.79 Å². The summed E-state index contributed by atoms with van der Waals surface area (Å²) in [6, 6.07) is 18.4. The van der Waals surface area contributed by atoms with E-state index in [1.807, 2.05) is 12.1 Å². The molecule has 3 aromatic rings. The van der Waals surface area contributed by atoms with Crippen LogP contribution in [0.2, 0.25) is 0 Å². The lowest BCUT2D eigenvalue weighted by atomic mass is 10.2. The minimum absolute atomic E-state index is 0.145. The van der Waals surface area contributed by atoms with Crippen molar-refractivity contribution in [1.29, 1.82) is 0 Å². The monoisotopic (exact) mass is 423 g/mol. The van der Waals surface area contributed by atoms with Crippen molar-refractivity contribution in [2.45, 2.75) is 5.03 Å². The molecule has 2 aromatic carbocycles. The quantitative estimate of drug-likeness (QED) is 0.482. The Morgan fingerprint density at radius 2 is 1.67 bits per heavy atom. The van der Waals surface area contributed by atoms with Crippen LogP contribution in [0.4, 0.5) is 21.6 Å². The zero-order valence-corrected chi connectivity index (χ0v) is 17.2. The fourth-order valence-electron chi connectivity index (χ4n) is 3.30. The van der Waals surface area contributed by atoms with Gasteiger partial charge in [-0.2, -0.15) is 0 Å². The number of benzene rings is 2. The molecule has 2 heterocycles. The third-order valence-electron chi connectivity index (χ3n) is 4.85. The van der Waals surface area contributed by atoms with Crippen LogP contribution in [-0.4, -0.2) is 47.8 Å².